The van der Waals surface area contributed by atoms with Crippen molar-refractivity contribution in [2.75, 3.05) is 13.7 Å². The summed E-state index contributed by atoms with van der Waals surface area (Å²) in [5.41, 5.74) is -0.158. The van der Waals surface area contributed by atoms with Gasteiger partial charge >= 0.3 is 5.97 Å². The second kappa shape index (κ2) is 5.71. The monoisotopic (exact) mass is 297 g/mol. The lowest BCUT2D eigenvalue weighted by molar-refractivity contribution is -0.143. The maximum Gasteiger partial charge on any atom is 0.311 e. The fourth-order valence-electron chi connectivity index (χ4n) is 2.01. The molecule has 108 valence electrons. The normalized spacial score (nSPS) is 15.5. The minimum absolute atomic E-state index is 0.0680. The highest BCUT2D eigenvalue weighted by molar-refractivity contribution is 6.31. The molecule has 1 fully saturated rings. The highest BCUT2D eigenvalue weighted by Crippen LogP contribution is 2.45. The zero-order chi connectivity index (χ0) is 14.8. The van der Waals surface area contributed by atoms with E-state index in [0.717, 1.165) is 0 Å². The predicted molar refractivity (Wildman–Crippen MR) is 74.0 cm³/mol. The maximum absolute atomic E-state index is 11.9. The van der Waals surface area contributed by atoms with Crippen LogP contribution in [0.2, 0.25) is 5.02 Å². The Hall–Kier alpha value is -1.75. The molecule has 1 aliphatic rings. The van der Waals surface area contributed by atoms with Crippen molar-refractivity contribution in [3.8, 4) is 5.75 Å². The summed E-state index contributed by atoms with van der Waals surface area (Å²) in [7, 11) is 1.51. The lowest BCUT2D eigenvalue weighted by atomic mass is 10.1. The summed E-state index contributed by atoms with van der Waals surface area (Å²) in [6.45, 7) is 0.161. The van der Waals surface area contributed by atoms with Crippen LogP contribution in [0, 0.1) is 5.41 Å². The Morgan fingerprint density at radius 1 is 1.45 bits per heavy atom. The second-order valence-corrected chi connectivity index (χ2v) is 5.37. The molecule has 1 aromatic rings. The molecule has 1 saturated carbocycles. The molecule has 0 atom stereocenters. The van der Waals surface area contributed by atoms with Crippen molar-refractivity contribution in [1.29, 1.82) is 0 Å². The number of halogens is 1. The third-order valence-electron chi connectivity index (χ3n) is 3.56. The summed E-state index contributed by atoms with van der Waals surface area (Å²) >= 11 is 6.05. The summed E-state index contributed by atoms with van der Waals surface area (Å²) < 4.78 is 5.16. The molecule has 0 spiro atoms. The quantitative estimate of drug-likeness (QED) is 0.840. The molecule has 0 aliphatic heterocycles. The third kappa shape index (κ3) is 3.04. The fraction of sp³-hybridized carbons (Fsp3) is 0.429. The van der Waals surface area contributed by atoms with Crippen LogP contribution in [0.15, 0.2) is 18.2 Å². The molecule has 1 aliphatic carbocycles. The SMILES string of the molecule is COc1cccc(Cl)c1CC(=O)NCC1(C(=O)O)CC1. The zero-order valence-corrected chi connectivity index (χ0v) is 11.9. The number of hydrogen-bond acceptors (Lipinski definition) is 3. The first-order chi connectivity index (χ1) is 9.48. The zero-order valence-electron chi connectivity index (χ0n) is 11.1. The summed E-state index contributed by atoms with van der Waals surface area (Å²) in [5.74, 6) is -0.566. The van der Waals surface area contributed by atoms with Gasteiger partial charge in [0.15, 0.2) is 0 Å². The van der Waals surface area contributed by atoms with Crippen molar-refractivity contribution in [2.24, 2.45) is 5.41 Å². The Labute approximate surface area is 121 Å². The molecule has 5 nitrogen and oxygen atoms in total. The second-order valence-electron chi connectivity index (χ2n) is 4.96. The standard InChI is InChI=1S/C14H16ClNO4/c1-20-11-4-2-3-10(15)9(11)7-12(17)16-8-14(5-6-14)13(18)19/h2-4H,5-8H2,1H3,(H,16,17)(H,18,19). The number of rotatable bonds is 6. The maximum atomic E-state index is 11.9. The van der Waals surface area contributed by atoms with E-state index in [1.54, 1.807) is 18.2 Å². The Morgan fingerprint density at radius 2 is 2.15 bits per heavy atom. The van der Waals surface area contributed by atoms with E-state index in [4.69, 9.17) is 21.4 Å². The summed E-state index contributed by atoms with van der Waals surface area (Å²) in [5, 5.41) is 12.2. The molecule has 0 radical (unpaired) electrons. The molecule has 1 aromatic carbocycles. The van der Waals surface area contributed by atoms with Crippen LogP contribution in [0.5, 0.6) is 5.75 Å². The number of nitrogens with one attached hydrogen (secondary N) is 1. The topological polar surface area (TPSA) is 75.6 Å². The van der Waals surface area contributed by atoms with Crippen LogP contribution in [0.25, 0.3) is 0 Å². The van der Waals surface area contributed by atoms with Gasteiger partial charge in [-0.25, -0.2) is 0 Å². The van der Waals surface area contributed by atoms with Gasteiger partial charge in [0.05, 0.1) is 18.9 Å². The number of benzene rings is 1. The summed E-state index contributed by atoms with van der Waals surface area (Å²) in [6.07, 6.45) is 1.29. The van der Waals surface area contributed by atoms with Crippen LogP contribution < -0.4 is 10.1 Å². The lowest BCUT2D eigenvalue weighted by Crippen LogP contribution is -2.35. The highest BCUT2D eigenvalue weighted by Gasteiger charge is 2.50. The number of ether oxygens (including phenoxy) is 1. The van der Waals surface area contributed by atoms with Gasteiger partial charge in [0.2, 0.25) is 5.91 Å². The van der Waals surface area contributed by atoms with Crippen LogP contribution in [0.1, 0.15) is 18.4 Å². The number of aliphatic carboxylic acids is 1. The van der Waals surface area contributed by atoms with E-state index in [2.05, 4.69) is 5.32 Å². The summed E-state index contributed by atoms with van der Waals surface area (Å²) in [6, 6.07) is 5.16. The van der Waals surface area contributed by atoms with E-state index in [0.29, 0.717) is 29.2 Å². The van der Waals surface area contributed by atoms with E-state index >= 15 is 0 Å². The molecule has 2 rings (SSSR count). The highest BCUT2D eigenvalue weighted by atomic mass is 35.5. The molecular formula is C14H16ClNO4. The van der Waals surface area contributed by atoms with Gasteiger partial charge in [0.25, 0.3) is 0 Å². The van der Waals surface area contributed by atoms with E-state index in [-0.39, 0.29) is 18.9 Å². The van der Waals surface area contributed by atoms with Crippen LogP contribution >= 0.6 is 11.6 Å². The molecule has 6 heteroatoms. The van der Waals surface area contributed by atoms with Crippen LogP contribution in [0.3, 0.4) is 0 Å². The van der Waals surface area contributed by atoms with Crippen molar-refractivity contribution >= 4 is 23.5 Å². The van der Waals surface area contributed by atoms with Gasteiger partial charge < -0.3 is 15.2 Å². The van der Waals surface area contributed by atoms with E-state index < -0.39 is 11.4 Å². The van der Waals surface area contributed by atoms with Crippen LogP contribution in [-0.4, -0.2) is 30.6 Å². The number of carbonyl (C=O) groups excluding carboxylic acids is 1. The molecule has 1 amide bonds. The van der Waals surface area contributed by atoms with E-state index in [1.165, 1.54) is 7.11 Å². The average Bonchev–Trinajstić information content (AvgIpc) is 3.20. The van der Waals surface area contributed by atoms with Crippen molar-refractivity contribution in [3.05, 3.63) is 28.8 Å². The fourth-order valence-corrected chi connectivity index (χ4v) is 2.24. The van der Waals surface area contributed by atoms with Gasteiger partial charge in [0.1, 0.15) is 5.75 Å². The molecule has 0 aromatic heterocycles. The van der Waals surface area contributed by atoms with Gasteiger partial charge in [0, 0.05) is 17.1 Å². The Kier molecular flexibility index (Phi) is 4.18. The molecule has 0 heterocycles. The van der Waals surface area contributed by atoms with Gasteiger partial charge in [-0.15, -0.1) is 0 Å². The van der Waals surface area contributed by atoms with Gasteiger partial charge in [-0.2, -0.15) is 0 Å². The minimum atomic E-state index is -0.854. The smallest absolute Gasteiger partial charge is 0.311 e. The van der Waals surface area contributed by atoms with Crippen molar-refractivity contribution in [3.63, 3.8) is 0 Å². The number of hydrogen-bond donors (Lipinski definition) is 2. The third-order valence-corrected chi connectivity index (χ3v) is 3.92. The number of carboxylic acid groups (broad SMARTS) is 1. The van der Waals surface area contributed by atoms with Crippen molar-refractivity contribution in [1.82, 2.24) is 5.32 Å². The van der Waals surface area contributed by atoms with E-state index in [1.807, 2.05) is 0 Å². The number of carbonyl (C=O) groups is 2. The Balaban J connectivity index is 1.97. The molecule has 0 saturated heterocycles. The Bertz CT molecular complexity index is 540. The first-order valence-electron chi connectivity index (χ1n) is 6.30. The molecule has 0 bridgehead atoms. The average molecular weight is 298 g/mol. The number of methoxy groups -OCH3 is 1. The number of carboxylic acids is 1. The first kappa shape index (κ1) is 14.7. The lowest BCUT2D eigenvalue weighted by Gasteiger charge is -2.13. The van der Waals surface area contributed by atoms with Gasteiger partial charge in [-0.1, -0.05) is 17.7 Å². The van der Waals surface area contributed by atoms with Crippen molar-refractivity contribution < 1.29 is 19.4 Å². The van der Waals surface area contributed by atoms with Gasteiger partial charge in [-0.3, -0.25) is 9.59 Å². The Morgan fingerprint density at radius 3 is 2.70 bits per heavy atom. The molecule has 2 N–H and O–H groups in total. The molecule has 0 unspecified atom stereocenters. The minimum Gasteiger partial charge on any atom is -0.496 e. The first-order valence-corrected chi connectivity index (χ1v) is 6.68. The van der Waals surface area contributed by atoms with Crippen molar-refractivity contribution in [2.45, 2.75) is 19.3 Å². The number of amides is 1. The summed E-state index contributed by atoms with van der Waals surface area (Å²) in [4.78, 5) is 22.9. The largest absolute Gasteiger partial charge is 0.496 e. The molecule has 20 heavy (non-hydrogen) atoms. The van der Waals surface area contributed by atoms with Crippen LogP contribution in [-0.2, 0) is 16.0 Å². The predicted octanol–water partition coefficient (Wildman–Crippen LogP) is 1.87. The van der Waals surface area contributed by atoms with E-state index in [9.17, 15) is 9.59 Å². The van der Waals surface area contributed by atoms with Crippen LogP contribution in [0.4, 0.5) is 0 Å². The molecular weight excluding hydrogens is 282 g/mol. The van der Waals surface area contributed by atoms with Gasteiger partial charge in [-0.05, 0) is 25.0 Å².